The Labute approximate surface area is 263 Å². The van der Waals surface area contributed by atoms with E-state index in [4.69, 9.17) is 30.8 Å². The molecule has 0 saturated heterocycles. The van der Waals surface area contributed by atoms with Gasteiger partial charge in [0.25, 0.3) is 5.56 Å². The number of benzene rings is 2. The van der Waals surface area contributed by atoms with Crippen LogP contribution in [0.4, 0.5) is 4.39 Å². The molecule has 0 unspecified atom stereocenters. The van der Waals surface area contributed by atoms with Crippen molar-refractivity contribution in [1.29, 1.82) is 0 Å². The van der Waals surface area contributed by atoms with Gasteiger partial charge >= 0.3 is 5.97 Å². The Morgan fingerprint density at radius 2 is 1.89 bits per heavy atom. The molecule has 230 valence electrons. The number of allylic oxidation sites excluding steroid dienone is 1. The van der Waals surface area contributed by atoms with Crippen molar-refractivity contribution in [2.24, 2.45) is 4.99 Å². The van der Waals surface area contributed by atoms with Gasteiger partial charge in [-0.25, -0.2) is 14.2 Å². The largest absolute Gasteiger partial charge is 0.497 e. The van der Waals surface area contributed by atoms with Crippen LogP contribution in [0.5, 0.6) is 11.5 Å². The van der Waals surface area contributed by atoms with Gasteiger partial charge in [-0.05, 0) is 81.3 Å². The van der Waals surface area contributed by atoms with Gasteiger partial charge in [0, 0.05) is 22.6 Å². The number of ether oxygens (including phenoxy) is 3. The number of aromatic nitrogens is 2. The second kappa shape index (κ2) is 12.8. The molecule has 0 N–H and O–H groups in total. The molecule has 0 spiro atoms. The summed E-state index contributed by atoms with van der Waals surface area (Å²) in [5.41, 5.74) is 4.39. The number of methoxy groups -OCH3 is 2. The Balaban J connectivity index is 1.76. The lowest BCUT2D eigenvalue weighted by Crippen LogP contribution is -2.40. The maximum Gasteiger partial charge on any atom is 0.338 e. The lowest BCUT2D eigenvalue weighted by atomic mass is 9.93. The number of hydrogen-bond acceptors (Lipinski definition) is 7. The Bertz CT molecular complexity index is 1970. The summed E-state index contributed by atoms with van der Waals surface area (Å²) >= 11 is 7.32. The first-order valence-electron chi connectivity index (χ1n) is 14.2. The van der Waals surface area contributed by atoms with E-state index in [0.29, 0.717) is 49.8 Å². The molecular weight excluding hydrogens is 605 g/mol. The molecule has 1 atom stereocenters. The smallest absolute Gasteiger partial charge is 0.338 e. The van der Waals surface area contributed by atoms with E-state index in [9.17, 15) is 14.0 Å². The van der Waals surface area contributed by atoms with Crippen molar-refractivity contribution in [3.8, 4) is 17.2 Å². The Morgan fingerprint density at radius 3 is 2.55 bits per heavy atom. The highest BCUT2D eigenvalue weighted by molar-refractivity contribution is 7.07. The van der Waals surface area contributed by atoms with Gasteiger partial charge in [-0.2, -0.15) is 0 Å². The van der Waals surface area contributed by atoms with Crippen molar-refractivity contribution in [2.45, 2.75) is 46.6 Å². The normalized spacial score (nSPS) is 14.8. The summed E-state index contributed by atoms with van der Waals surface area (Å²) in [6.45, 7) is 7.77. The first-order valence-corrected chi connectivity index (χ1v) is 15.4. The summed E-state index contributed by atoms with van der Waals surface area (Å²) in [5.74, 6) is 0.0105. The van der Waals surface area contributed by atoms with Crippen LogP contribution in [0.2, 0.25) is 5.02 Å². The van der Waals surface area contributed by atoms with Gasteiger partial charge in [0.15, 0.2) is 4.80 Å². The zero-order valence-corrected chi connectivity index (χ0v) is 26.9. The first-order chi connectivity index (χ1) is 21.1. The zero-order valence-electron chi connectivity index (χ0n) is 25.4. The molecule has 1 aliphatic rings. The quantitative estimate of drug-likeness (QED) is 0.217. The van der Waals surface area contributed by atoms with Crippen LogP contribution in [-0.2, 0) is 9.53 Å². The van der Waals surface area contributed by atoms with Crippen LogP contribution in [0.1, 0.15) is 55.2 Å². The average molecular weight is 638 g/mol. The van der Waals surface area contributed by atoms with Gasteiger partial charge in [-0.15, -0.1) is 0 Å². The van der Waals surface area contributed by atoms with Crippen molar-refractivity contribution in [1.82, 2.24) is 9.13 Å². The SMILES string of the molecule is CCCC1=C(C(=O)OCC)[C@@H](c2cc(OC)ccc2OC)n2c(s/c(=C/c3cc(C)n(-c4ccc(F)c(Cl)c4)c3C)c2=O)=N1. The van der Waals surface area contributed by atoms with Crippen molar-refractivity contribution >= 4 is 35.0 Å². The first kappa shape index (κ1) is 31.3. The van der Waals surface area contributed by atoms with E-state index < -0.39 is 17.8 Å². The summed E-state index contributed by atoms with van der Waals surface area (Å²) < 4.78 is 34.5. The van der Waals surface area contributed by atoms with Crippen LogP contribution >= 0.6 is 22.9 Å². The van der Waals surface area contributed by atoms with Crippen molar-refractivity contribution in [3.05, 3.63) is 107 Å². The molecule has 8 nitrogen and oxygen atoms in total. The summed E-state index contributed by atoms with van der Waals surface area (Å²) in [6, 6.07) is 11.0. The highest BCUT2D eigenvalue weighted by atomic mass is 35.5. The maximum absolute atomic E-state index is 14.3. The highest BCUT2D eigenvalue weighted by Crippen LogP contribution is 2.38. The van der Waals surface area contributed by atoms with E-state index in [2.05, 4.69) is 0 Å². The van der Waals surface area contributed by atoms with Gasteiger partial charge in [0.1, 0.15) is 23.4 Å². The van der Waals surface area contributed by atoms with E-state index in [1.165, 1.54) is 22.0 Å². The number of rotatable bonds is 9. The second-order valence-corrected chi connectivity index (χ2v) is 11.7. The number of halogens is 2. The second-order valence-electron chi connectivity index (χ2n) is 10.3. The number of thiazole rings is 1. The highest BCUT2D eigenvalue weighted by Gasteiger charge is 2.36. The van der Waals surface area contributed by atoms with Crippen LogP contribution < -0.4 is 24.4 Å². The molecule has 5 rings (SSSR count). The number of carbonyl (C=O) groups is 1. The molecule has 0 aliphatic carbocycles. The summed E-state index contributed by atoms with van der Waals surface area (Å²) in [4.78, 5) is 33.1. The van der Waals surface area contributed by atoms with Crippen LogP contribution in [0.25, 0.3) is 11.8 Å². The number of fused-ring (bicyclic) bond motifs is 1. The fraction of sp³-hybridized carbons (Fsp3) is 0.303. The monoisotopic (exact) mass is 637 g/mol. The van der Waals surface area contributed by atoms with Crippen molar-refractivity contribution in [3.63, 3.8) is 0 Å². The third-order valence-corrected chi connectivity index (χ3v) is 8.81. The van der Waals surface area contributed by atoms with Crippen LogP contribution in [0.15, 0.2) is 63.5 Å². The van der Waals surface area contributed by atoms with E-state index in [1.54, 1.807) is 51.5 Å². The van der Waals surface area contributed by atoms with E-state index in [-0.39, 0.29) is 17.2 Å². The summed E-state index contributed by atoms with van der Waals surface area (Å²) in [5, 5.41) is 0.0260. The molecule has 0 amide bonds. The average Bonchev–Trinajstić information content (AvgIpc) is 3.47. The number of carbonyl (C=O) groups excluding carboxylic acids is 1. The fourth-order valence-corrected chi connectivity index (χ4v) is 6.75. The lowest BCUT2D eigenvalue weighted by Gasteiger charge is -2.27. The molecule has 2 aromatic carbocycles. The maximum atomic E-state index is 14.3. The molecule has 2 aromatic heterocycles. The third-order valence-electron chi connectivity index (χ3n) is 7.54. The molecule has 0 saturated carbocycles. The van der Waals surface area contributed by atoms with Crippen molar-refractivity contribution < 1.29 is 23.4 Å². The molecule has 1 aliphatic heterocycles. The molecule has 3 heterocycles. The lowest BCUT2D eigenvalue weighted by molar-refractivity contribution is -0.139. The minimum atomic E-state index is -0.854. The molecule has 0 radical (unpaired) electrons. The zero-order chi connectivity index (χ0) is 31.7. The molecule has 0 bridgehead atoms. The third kappa shape index (κ3) is 5.59. The van der Waals surface area contributed by atoms with Crippen LogP contribution in [0.3, 0.4) is 0 Å². The predicted molar refractivity (Wildman–Crippen MR) is 169 cm³/mol. The minimum Gasteiger partial charge on any atom is -0.497 e. The molecular formula is C33H33ClFN3O5S. The van der Waals surface area contributed by atoms with Crippen LogP contribution in [0, 0.1) is 19.7 Å². The topological polar surface area (TPSA) is 84.0 Å². The fourth-order valence-electron chi connectivity index (χ4n) is 5.56. The Hall–Kier alpha value is -4.15. The predicted octanol–water partition coefficient (Wildman–Crippen LogP) is 5.80. The number of aryl methyl sites for hydroxylation is 1. The number of nitrogens with zero attached hydrogens (tertiary/aromatic N) is 3. The van der Waals surface area contributed by atoms with Gasteiger partial charge in [0.05, 0.1) is 41.7 Å². The molecule has 0 fully saturated rings. The van der Waals surface area contributed by atoms with Crippen molar-refractivity contribution in [2.75, 3.05) is 20.8 Å². The van der Waals surface area contributed by atoms with E-state index >= 15 is 0 Å². The van der Waals surface area contributed by atoms with Gasteiger partial charge in [0.2, 0.25) is 0 Å². The number of esters is 1. The Morgan fingerprint density at radius 1 is 1.11 bits per heavy atom. The Kier molecular flexibility index (Phi) is 9.12. The molecule has 11 heteroatoms. The van der Waals surface area contributed by atoms with Gasteiger partial charge in [-0.1, -0.05) is 36.3 Å². The number of hydrogen-bond donors (Lipinski definition) is 0. The van der Waals surface area contributed by atoms with E-state index in [1.807, 2.05) is 37.5 Å². The standard InChI is InChI=1S/C33H33ClFN3O5S/c1-7-9-26-29(32(40)43-8-2)30(23-17-22(41-5)11-13-27(23)42-6)38-31(39)28(44-33(38)36-26)15-20-14-18(3)37(19(20)4)21-10-12-25(35)24(34)16-21/h10-17,30H,7-9H2,1-6H3/b28-15+/t30-/m1/s1. The summed E-state index contributed by atoms with van der Waals surface area (Å²) in [6.07, 6.45) is 3.07. The summed E-state index contributed by atoms with van der Waals surface area (Å²) in [7, 11) is 3.10. The van der Waals surface area contributed by atoms with E-state index in [0.717, 1.165) is 23.4 Å². The van der Waals surface area contributed by atoms with Crippen LogP contribution in [-0.4, -0.2) is 35.9 Å². The van der Waals surface area contributed by atoms with Gasteiger partial charge in [-0.3, -0.25) is 9.36 Å². The molecule has 4 aromatic rings. The molecule has 44 heavy (non-hydrogen) atoms. The minimum absolute atomic E-state index is 0.0260. The van der Waals surface area contributed by atoms with Gasteiger partial charge < -0.3 is 18.8 Å².